The van der Waals surface area contributed by atoms with Crippen molar-refractivity contribution in [3.05, 3.63) is 26.5 Å². The first-order valence-corrected chi connectivity index (χ1v) is 5.53. The van der Waals surface area contributed by atoms with Crippen LogP contribution in [0.25, 0.3) is 10.2 Å². The van der Waals surface area contributed by atoms with Crippen molar-refractivity contribution in [2.24, 2.45) is 19.8 Å². The van der Waals surface area contributed by atoms with E-state index in [1.807, 2.05) is 0 Å². The lowest BCUT2D eigenvalue weighted by Gasteiger charge is -2.02. The molecular weight excluding hydrogens is 244 g/mol. The van der Waals surface area contributed by atoms with Crippen molar-refractivity contribution >= 4 is 27.7 Å². The molecule has 0 radical (unpaired) electrons. The number of aryl methyl sites for hydroxylation is 1. The van der Waals surface area contributed by atoms with Gasteiger partial charge in [-0.25, -0.2) is 4.79 Å². The number of nitrogens with zero attached hydrogens (tertiary/aromatic N) is 3. The van der Waals surface area contributed by atoms with Crippen LogP contribution in [0.3, 0.4) is 0 Å². The summed E-state index contributed by atoms with van der Waals surface area (Å²) in [4.78, 5) is 34.9. The van der Waals surface area contributed by atoms with Crippen LogP contribution in [0.5, 0.6) is 0 Å². The molecular formula is C9H10N4O3S. The Balaban J connectivity index is 2.90. The van der Waals surface area contributed by atoms with E-state index in [0.717, 1.165) is 16.1 Å². The van der Waals surface area contributed by atoms with Crippen molar-refractivity contribution < 1.29 is 4.79 Å². The van der Waals surface area contributed by atoms with Gasteiger partial charge >= 0.3 is 5.69 Å². The molecule has 0 bridgehead atoms. The molecule has 0 aliphatic rings. The summed E-state index contributed by atoms with van der Waals surface area (Å²) in [6.07, 6.45) is -0.104. The van der Waals surface area contributed by atoms with Gasteiger partial charge in [-0.1, -0.05) is 0 Å². The predicted octanol–water partition coefficient (Wildman–Crippen LogP) is -1.28. The van der Waals surface area contributed by atoms with Gasteiger partial charge in [-0.2, -0.15) is 4.37 Å². The van der Waals surface area contributed by atoms with Crippen molar-refractivity contribution in [3.63, 3.8) is 0 Å². The summed E-state index contributed by atoms with van der Waals surface area (Å²) in [5, 5.41) is 0.290. The van der Waals surface area contributed by atoms with Gasteiger partial charge in [-0.15, -0.1) is 0 Å². The van der Waals surface area contributed by atoms with E-state index in [1.54, 1.807) is 7.05 Å². The highest BCUT2D eigenvalue weighted by Crippen LogP contribution is 2.17. The number of hydrogen-bond acceptors (Lipinski definition) is 5. The lowest BCUT2D eigenvalue weighted by atomic mass is 10.2. The fourth-order valence-corrected chi connectivity index (χ4v) is 2.46. The highest BCUT2D eigenvalue weighted by Gasteiger charge is 2.17. The normalized spacial score (nSPS) is 10.9. The number of rotatable bonds is 2. The van der Waals surface area contributed by atoms with E-state index in [9.17, 15) is 14.4 Å². The van der Waals surface area contributed by atoms with Crippen LogP contribution < -0.4 is 17.0 Å². The van der Waals surface area contributed by atoms with Gasteiger partial charge in [0.15, 0.2) is 0 Å². The zero-order valence-corrected chi connectivity index (χ0v) is 10.1. The monoisotopic (exact) mass is 254 g/mol. The maximum absolute atomic E-state index is 11.9. The average molecular weight is 254 g/mol. The van der Waals surface area contributed by atoms with E-state index in [-0.39, 0.29) is 6.42 Å². The molecule has 0 unspecified atom stereocenters. The van der Waals surface area contributed by atoms with Gasteiger partial charge in [0.2, 0.25) is 5.91 Å². The third-order valence-corrected chi connectivity index (χ3v) is 3.45. The average Bonchev–Trinajstić information content (AvgIpc) is 2.66. The van der Waals surface area contributed by atoms with Crippen molar-refractivity contribution in [1.29, 1.82) is 0 Å². The molecule has 0 spiro atoms. The first kappa shape index (κ1) is 11.5. The Hall–Kier alpha value is -1.96. The van der Waals surface area contributed by atoms with Gasteiger partial charge in [0, 0.05) is 14.1 Å². The van der Waals surface area contributed by atoms with Gasteiger partial charge in [0.05, 0.1) is 17.5 Å². The largest absolute Gasteiger partial charge is 0.369 e. The summed E-state index contributed by atoms with van der Waals surface area (Å²) in [6.45, 7) is 0. The number of primary amides is 1. The fraction of sp³-hybridized carbons (Fsp3) is 0.333. The first-order chi connectivity index (χ1) is 7.93. The quantitative estimate of drug-likeness (QED) is 0.721. The number of nitrogens with two attached hydrogens (primary N) is 1. The second-order valence-corrected chi connectivity index (χ2v) is 4.41. The summed E-state index contributed by atoms with van der Waals surface area (Å²) in [6, 6.07) is 0. The maximum Gasteiger partial charge on any atom is 0.331 e. The van der Waals surface area contributed by atoms with Crippen LogP contribution in [0.15, 0.2) is 9.59 Å². The smallest absolute Gasteiger partial charge is 0.331 e. The van der Waals surface area contributed by atoms with Crippen LogP contribution in [0.1, 0.15) is 5.69 Å². The van der Waals surface area contributed by atoms with E-state index < -0.39 is 17.2 Å². The zero-order chi connectivity index (χ0) is 12.7. The molecule has 0 aromatic carbocycles. The molecule has 17 heavy (non-hydrogen) atoms. The molecule has 2 heterocycles. The molecule has 0 fully saturated rings. The first-order valence-electron chi connectivity index (χ1n) is 4.76. The van der Waals surface area contributed by atoms with Crippen LogP contribution in [0, 0.1) is 0 Å². The molecule has 90 valence electrons. The summed E-state index contributed by atoms with van der Waals surface area (Å²) < 4.78 is 6.33. The van der Waals surface area contributed by atoms with E-state index in [4.69, 9.17) is 5.73 Å². The molecule has 2 rings (SSSR count). The van der Waals surface area contributed by atoms with Crippen LogP contribution in [0.4, 0.5) is 0 Å². The lowest BCUT2D eigenvalue weighted by Crippen LogP contribution is -2.36. The summed E-state index contributed by atoms with van der Waals surface area (Å²) >= 11 is 1.01. The van der Waals surface area contributed by atoms with E-state index in [0.29, 0.717) is 15.9 Å². The maximum atomic E-state index is 11.9. The molecule has 0 aliphatic carbocycles. The highest BCUT2D eigenvalue weighted by atomic mass is 32.1. The van der Waals surface area contributed by atoms with Crippen molar-refractivity contribution in [2.45, 2.75) is 6.42 Å². The Bertz CT molecular complexity index is 724. The van der Waals surface area contributed by atoms with Crippen LogP contribution in [0.2, 0.25) is 0 Å². The standard InChI is InChI=1S/C9H10N4O3S/c1-12-7(15)6-4(3-5(10)14)11-17-8(6)13(2)9(12)16/h3H2,1-2H3,(H2,10,14). The highest BCUT2D eigenvalue weighted by molar-refractivity contribution is 7.13. The van der Waals surface area contributed by atoms with Crippen molar-refractivity contribution in [3.8, 4) is 0 Å². The molecule has 2 aromatic rings. The Morgan fingerprint density at radius 2 is 2.00 bits per heavy atom. The van der Waals surface area contributed by atoms with Crippen LogP contribution in [-0.2, 0) is 25.3 Å². The Labute approximate surface area is 99.3 Å². The Morgan fingerprint density at radius 3 is 2.59 bits per heavy atom. The minimum atomic E-state index is -0.562. The fourth-order valence-electron chi connectivity index (χ4n) is 1.61. The van der Waals surface area contributed by atoms with Gasteiger partial charge < -0.3 is 5.73 Å². The van der Waals surface area contributed by atoms with E-state index in [2.05, 4.69) is 4.37 Å². The summed E-state index contributed by atoms with van der Waals surface area (Å²) in [5.74, 6) is -0.562. The lowest BCUT2D eigenvalue weighted by molar-refractivity contribution is -0.117. The van der Waals surface area contributed by atoms with Crippen LogP contribution in [-0.4, -0.2) is 19.4 Å². The SMILES string of the molecule is Cn1c(=O)c2c(CC(N)=O)nsc2n(C)c1=O. The van der Waals surface area contributed by atoms with Crippen molar-refractivity contribution in [2.75, 3.05) is 0 Å². The number of aromatic nitrogens is 3. The summed E-state index contributed by atoms with van der Waals surface area (Å²) in [5.41, 5.74) is 4.54. The van der Waals surface area contributed by atoms with Crippen molar-refractivity contribution in [1.82, 2.24) is 13.5 Å². The number of carbonyl (C=O) groups is 1. The minimum Gasteiger partial charge on any atom is -0.369 e. The summed E-state index contributed by atoms with van der Waals surface area (Å²) in [7, 11) is 2.94. The topological polar surface area (TPSA) is 100.0 Å². The second kappa shape index (κ2) is 3.81. The van der Waals surface area contributed by atoms with E-state index >= 15 is 0 Å². The number of fused-ring (bicyclic) bond motifs is 1. The second-order valence-electron chi connectivity index (χ2n) is 3.66. The van der Waals surface area contributed by atoms with Crippen LogP contribution >= 0.6 is 11.5 Å². The molecule has 2 N–H and O–H groups in total. The molecule has 0 saturated carbocycles. The molecule has 0 atom stereocenters. The molecule has 7 nitrogen and oxygen atoms in total. The third kappa shape index (κ3) is 1.66. The number of amides is 1. The van der Waals surface area contributed by atoms with Gasteiger partial charge in [-0.3, -0.25) is 18.7 Å². The minimum absolute atomic E-state index is 0.104. The molecule has 8 heteroatoms. The molecule has 0 aliphatic heterocycles. The van der Waals surface area contributed by atoms with Gasteiger partial charge in [0.1, 0.15) is 4.83 Å². The number of hydrogen-bond donors (Lipinski definition) is 1. The Morgan fingerprint density at radius 1 is 1.35 bits per heavy atom. The molecule has 2 aromatic heterocycles. The van der Waals surface area contributed by atoms with Gasteiger partial charge in [0.25, 0.3) is 5.56 Å². The molecule has 0 saturated heterocycles. The predicted molar refractivity (Wildman–Crippen MR) is 63.0 cm³/mol. The zero-order valence-electron chi connectivity index (χ0n) is 9.26. The van der Waals surface area contributed by atoms with Gasteiger partial charge in [-0.05, 0) is 11.5 Å². The Kier molecular flexibility index (Phi) is 2.58. The number of carbonyl (C=O) groups excluding carboxylic acids is 1. The third-order valence-electron chi connectivity index (χ3n) is 2.48. The van der Waals surface area contributed by atoms with E-state index in [1.165, 1.54) is 11.6 Å². The molecule has 1 amide bonds.